The summed E-state index contributed by atoms with van der Waals surface area (Å²) in [7, 11) is 0. The Morgan fingerprint density at radius 2 is 1.94 bits per heavy atom. The number of rotatable bonds is 5. The summed E-state index contributed by atoms with van der Waals surface area (Å²) in [6.45, 7) is 0.788. The normalized spacial score (nSPS) is 17.8. The molecular weight excluding hydrogens is 424 g/mol. The lowest BCUT2D eigenvalue weighted by molar-refractivity contribution is 0.0696. The molecule has 1 saturated heterocycles. The van der Waals surface area contributed by atoms with E-state index >= 15 is 0 Å². The van der Waals surface area contributed by atoms with E-state index in [2.05, 4.69) is 10.1 Å². The Morgan fingerprint density at radius 3 is 2.68 bits per heavy atom. The van der Waals surface area contributed by atoms with Crippen LogP contribution >= 0.6 is 12.4 Å². The molecule has 2 heterocycles. The summed E-state index contributed by atoms with van der Waals surface area (Å²) in [5.41, 5.74) is 7.75. The molecule has 31 heavy (non-hydrogen) atoms. The minimum absolute atomic E-state index is 0. The number of carbonyl (C=O) groups excluding carboxylic acids is 1. The lowest BCUT2D eigenvalue weighted by Crippen LogP contribution is -2.32. The van der Waals surface area contributed by atoms with E-state index in [0.29, 0.717) is 24.5 Å². The number of aromatic nitrogens is 2. The van der Waals surface area contributed by atoms with Crippen molar-refractivity contribution >= 4 is 24.5 Å². The summed E-state index contributed by atoms with van der Waals surface area (Å²) in [5.74, 6) is -0.803. The van der Waals surface area contributed by atoms with Crippen LogP contribution in [0, 0.1) is 0 Å². The number of ether oxygens (including phenoxy) is 1. The molecule has 1 fully saturated rings. The number of carboxylic acid groups (broad SMARTS) is 1. The number of amides is 1. The lowest BCUT2D eigenvalue weighted by atomic mass is 10.1. The highest BCUT2D eigenvalue weighted by atomic mass is 35.5. The molecule has 1 aromatic heterocycles. The van der Waals surface area contributed by atoms with Crippen LogP contribution in [0.25, 0.3) is 11.4 Å². The molecule has 0 saturated carbocycles. The van der Waals surface area contributed by atoms with Gasteiger partial charge in [-0.1, -0.05) is 47.6 Å². The van der Waals surface area contributed by atoms with Gasteiger partial charge in [0, 0.05) is 24.7 Å². The summed E-state index contributed by atoms with van der Waals surface area (Å²) < 4.78 is 10.7. The number of hydrogen-bond acceptors (Lipinski definition) is 7. The third-order valence-electron chi connectivity index (χ3n) is 4.96. The van der Waals surface area contributed by atoms with Crippen molar-refractivity contribution in [2.24, 2.45) is 5.73 Å². The van der Waals surface area contributed by atoms with Crippen molar-refractivity contribution in [3.05, 3.63) is 71.6 Å². The van der Waals surface area contributed by atoms with Crippen molar-refractivity contribution in [1.82, 2.24) is 15.0 Å². The second-order valence-electron chi connectivity index (χ2n) is 7.06. The maximum atomic E-state index is 12.4. The predicted octanol–water partition coefficient (Wildman–Crippen LogP) is 2.92. The highest BCUT2D eigenvalue weighted by Gasteiger charge is 2.38. The van der Waals surface area contributed by atoms with Gasteiger partial charge in [0.15, 0.2) is 0 Å². The summed E-state index contributed by atoms with van der Waals surface area (Å²) in [4.78, 5) is 29.4. The van der Waals surface area contributed by atoms with Gasteiger partial charge in [-0.25, -0.2) is 9.59 Å². The Bertz CT molecular complexity index is 1060. The fraction of sp³-hybridized carbons (Fsp3) is 0.238. The van der Waals surface area contributed by atoms with E-state index in [1.807, 2.05) is 30.3 Å². The van der Waals surface area contributed by atoms with Crippen LogP contribution < -0.4 is 5.73 Å². The van der Waals surface area contributed by atoms with Crippen LogP contribution in [0.2, 0.25) is 0 Å². The first-order valence-electron chi connectivity index (χ1n) is 9.40. The predicted molar refractivity (Wildman–Crippen MR) is 113 cm³/mol. The number of nitrogens with zero attached hydrogens (tertiary/aromatic N) is 3. The molecule has 1 amide bonds. The van der Waals surface area contributed by atoms with E-state index in [4.69, 9.17) is 20.1 Å². The Kier molecular flexibility index (Phi) is 6.88. The Labute approximate surface area is 184 Å². The fourth-order valence-electron chi connectivity index (χ4n) is 3.34. The van der Waals surface area contributed by atoms with Gasteiger partial charge >= 0.3 is 12.1 Å². The third kappa shape index (κ3) is 5.01. The molecule has 3 aromatic rings. The van der Waals surface area contributed by atoms with Crippen LogP contribution in [-0.4, -0.2) is 51.3 Å². The molecule has 162 valence electrons. The second kappa shape index (κ2) is 9.59. The minimum atomic E-state index is -1.04. The molecule has 2 aromatic carbocycles. The van der Waals surface area contributed by atoms with Crippen molar-refractivity contribution in [2.45, 2.75) is 18.6 Å². The van der Waals surface area contributed by atoms with Gasteiger partial charge in [0.2, 0.25) is 11.7 Å². The van der Waals surface area contributed by atoms with E-state index in [1.54, 1.807) is 12.1 Å². The zero-order valence-corrected chi connectivity index (χ0v) is 17.2. The summed E-state index contributed by atoms with van der Waals surface area (Å²) >= 11 is 0. The van der Waals surface area contributed by atoms with Crippen LogP contribution in [-0.2, 0) is 11.3 Å². The zero-order valence-electron chi connectivity index (χ0n) is 16.4. The molecule has 0 aliphatic carbocycles. The van der Waals surface area contributed by atoms with Gasteiger partial charge < -0.3 is 25.0 Å². The zero-order chi connectivity index (χ0) is 21.1. The first-order valence-corrected chi connectivity index (χ1v) is 9.40. The molecule has 0 bridgehead atoms. The molecule has 3 N–H and O–H groups in total. The van der Waals surface area contributed by atoms with Crippen LogP contribution in [0.5, 0.6) is 0 Å². The van der Waals surface area contributed by atoms with Gasteiger partial charge in [-0.15, -0.1) is 12.4 Å². The van der Waals surface area contributed by atoms with E-state index in [0.717, 1.165) is 5.56 Å². The van der Waals surface area contributed by atoms with E-state index < -0.39 is 12.1 Å². The maximum absolute atomic E-state index is 12.4. The summed E-state index contributed by atoms with van der Waals surface area (Å²) in [6.07, 6.45) is -0.453. The Morgan fingerprint density at radius 1 is 1.16 bits per heavy atom. The van der Waals surface area contributed by atoms with E-state index in [1.165, 1.54) is 17.0 Å². The Balaban J connectivity index is 0.00000272. The first-order chi connectivity index (χ1) is 14.5. The maximum Gasteiger partial charge on any atom is 0.410 e. The molecule has 4 rings (SSSR count). The molecule has 0 radical (unpaired) electrons. The van der Waals surface area contributed by atoms with Gasteiger partial charge in [0.05, 0.1) is 11.5 Å². The quantitative estimate of drug-likeness (QED) is 0.613. The van der Waals surface area contributed by atoms with Crippen LogP contribution in [0.15, 0.2) is 59.1 Å². The molecule has 0 spiro atoms. The molecule has 9 nitrogen and oxygen atoms in total. The fourth-order valence-corrected chi connectivity index (χ4v) is 3.34. The van der Waals surface area contributed by atoms with Crippen LogP contribution in [0.3, 0.4) is 0 Å². The van der Waals surface area contributed by atoms with Gasteiger partial charge in [-0.05, 0) is 17.7 Å². The largest absolute Gasteiger partial charge is 0.478 e. The number of aromatic carboxylic acids is 1. The monoisotopic (exact) mass is 444 g/mol. The van der Waals surface area contributed by atoms with Crippen molar-refractivity contribution in [1.29, 1.82) is 0 Å². The summed E-state index contributed by atoms with van der Waals surface area (Å²) in [5, 5.41) is 13.1. The topological polar surface area (TPSA) is 132 Å². The number of carboxylic acids is 1. The average molecular weight is 445 g/mol. The number of carbonyl (C=O) groups is 2. The van der Waals surface area contributed by atoms with Gasteiger partial charge in [-0.3, -0.25) is 0 Å². The highest BCUT2D eigenvalue weighted by molar-refractivity contribution is 5.89. The lowest BCUT2D eigenvalue weighted by Gasteiger charge is -2.15. The molecule has 1 aliphatic heterocycles. The number of benzene rings is 2. The molecule has 2 atom stereocenters. The van der Waals surface area contributed by atoms with Crippen molar-refractivity contribution < 1.29 is 24.0 Å². The minimum Gasteiger partial charge on any atom is -0.478 e. The smallest absolute Gasteiger partial charge is 0.410 e. The first kappa shape index (κ1) is 22.3. The number of hydrogen-bond donors (Lipinski definition) is 2. The van der Waals surface area contributed by atoms with Crippen molar-refractivity contribution in [2.75, 3.05) is 13.1 Å². The average Bonchev–Trinajstić information content (AvgIpc) is 3.39. The van der Waals surface area contributed by atoms with E-state index in [-0.39, 0.29) is 42.4 Å². The van der Waals surface area contributed by atoms with Crippen molar-refractivity contribution in [3.63, 3.8) is 0 Å². The molecule has 1 aliphatic rings. The van der Waals surface area contributed by atoms with Crippen LogP contribution in [0.1, 0.15) is 27.7 Å². The van der Waals surface area contributed by atoms with Crippen LogP contribution in [0.4, 0.5) is 4.79 Å². The standard InChI is InChI=1S/C21H20N4O5.ClH/c22-17-11-25(21(28)29-12-13-5-2-1-3-6-13)10-16(17)19-23-18(24-30-19)14-7-4-8-15(9-14)20(26)27;/h1-9,16-17H,10-12,22H2,(H,26,27);1H/t16-,17-;/m0./s1. The van der Waals surface area contributed by atoms with Gasteiger partial charge in [-0.2, -0.15) is 4.98 Å². The van der Waals surface area contributed by atoms with Gasteiger partial charge in [0.25, 0.3) is 0 Å². The van der Waals surface area contributed by atoms with Crippen molar-refractivity contribution in [3.8, 4) is 11.4 Å². The highest BCUT2D eigenvalue weighted by Crippen LogP contribution is 2.28. The van der Waals surface area contributed by atoms with E-state index in [9.17, 15) is 9.59 Å². The number of halogens is 1. The SMILES string of the molecule is Cl.N[C@H]1CN(C(=O)OCc2ccccc2)C[C@@H]1c1nc(-c2cccc(C(=O)O)c2)no1. The molecule has 0 unspecified atom stereocenters. The second-order valence-corrected chi connectivity index (χ2v) is 7.06. The van der Waals surface area contributed by atoms with Gasteiger partial charge in [0.1, 0.15) is 6.61 Å². The molecular formula is C21H21ClN4O5. The number of nitrogens with two attached hydrogens (primary N) is 1. The summed E-state index contributed by atoms with van der Waals surface area (Å²) in [6, 6.07) is 15.3. The number of likely N-dealkylation sites (tertiary alicyclic amines) is 1. The third-order valence-corrected chi connectivity index (χ3v) is 4.96. The Hall–Kier alpha value is -3.43. The molecule has 10 heteroatoms.